The highest BCUT2D eigenvalue weighted by atomic mass is 32.2. The summed E-state index contributed by atoms with van der Waals surface area (Å²) < 4.78 is 32.4. The molecular formula is C21H24N4O6S. The molecule has 0 saturated carbocycles. The first-order chi connectivity index (χ1) is 15.3. The molecule has 2 aromatic rings. The van der Waals surface area contributed by atoms with E-state index < -0.39 is 34.5 Å². The molecule has 0 bridgehead atoms. The average Bonchev–Trinajstić information content (AvgIpc) is 2.83. The number of imide groups is 1. The minimum Gasteiger partial charge on any atom is -0.452 e. The molecule has 11 heteroatoms. The number of nitrogens with zero attached hydrogens (tertiary/aromatic N) is 2. The van der Waals surface area contributed by atoms with E-state index in [2.05, 4.69) is 10.2 Å². The Bertz CT molecular complexity index is 1080. The Morgan fingerprint density at radius 1 is 0.969 bits per heavy atom. The van der Waals surface area contributed by atoms with E-state index >= 15 is 0 Å². The van der Waals surface area contributed by atoms with Gasteiger partial charge in [0.1, 0.15) is 0 Å². The van der Waals surface area contributed by atoms with Crippen molar-refractivity contribution in [1.82, 2.24) is 14.9 Å². The fourth-order valence-corrected chi connectivity index (χ4v) is 4.67. The topological polar surface area (TPSA) is 125 Å². The molecule has 2 aromatic carbocycles. The van der Waals surface area contributed by atoms with Crippen molar-refractivity contribution in [2.24, 2.45) is 0 Å². The molecule has 0 radical (unpaired) electrons. The second-order valence-electron chi connectivity index (χ2n) is 6.96. The highest BCUT2D eigenvalue weighted by Crippen LogP contribution is 2.22. The van der Waals surface area contributed by atoms with Gasteiger partial charge in [-0.25, -0.2) is 18.0 Å². The van der Waals surface area contributed by atoms with Gasteiger partial charge in [0.15, 0.2) is 6.61 Å². The van der Waals surface area contributed by atoms with Gasteiger partial charge in [-0.2, -0.15) is 4.31 Å². The normalized spacial score (nSPS) is 14.5. The van der Waals surface area contributed by atoms with Crippen LogP contribution in [-0.4, -0.2) is 70.5 Å². The number of carbonyl (C=O) groups is 3. The highest BCUT2D eigenvalue weighted by molar-refractivity contribution is 7.89. The van der Waals surface area contributed by atoms with Gasteiger partial charge < -0.3 is 15.0 Å². The van der Waals surface area contributed by atoms with E-state index in [0.29, 0.717) is 26.2 Å². The van der Waals surface area contributed by atoms with Crippen molar-refractivity contribution in [3.8, 4) is 0 Å². The maximum absolute atomic E-state index is 13.1. The lowest BCUT2D eigenvalue weighted by molar-refractivity contribution is -0.123. The Morgan fingerprint density at radius 3 is 2.31 bits per heavy atom. The summed E-state index contributed by atoms with van der Waals surface area (Å²) in [5, 5.41) is 4.15. The summed E-state index contributed by atoms with van der Waals surface area (Å²) in [6.45, 7) is 1.04. The van der Waals surface area contributed by atoms with Gasteiger partial charge in [0, 0.05) is 38.9 Å². The van der Waals surface area contributed by atoms with Gasteiger partial charge in [0.2, 0.25) is 10.0 Å². The minimum atomic E-state index is -3.81. The van der Waals surface area contributed by atoms with Crippen LogP contribution >= 0.6 is 0 Å². The predicted octanol–water partition coefficient (Wildman–Crippen LogP) is 0.810. The van der Waals surface area contributed by atoms with Crippen molar-refractivity contribution < 1.29 is 27.5 Å². The van der Waals surface area contributed by atoms with Gasteiger partial charge in [0.25, 0.3) is 5.91 Å². The number of hydrogen-bond acceptors (Lipinski definition) is 7. The van der Waals surface area contributed by atoms with Crippen LogP contribution in [0.15, 0.2) is 59.5 Å². The van der Waals surface area contributed by atoms with Gasteiger partial charge in [-0.1, -0.05) is 24.3 Å². The molecule has 0 unspecified atom stereocenters. The van der Waals surface area contributed by atoms with Gasteiger partial charge in [-0.05, 0) is 30.3 Å². The van der Waals surface area contributed by atoms with Crippen LogP contribution in [0, 0.1) is 0 Å². The van der Waals surface area contributed by atoms with E-state index in [1.54, 1.807) is 0 Å². The molecule has 1 fully saturated rings. The van der Waals surface area contributed by atoms with Crippen LogP contribution < -0.4 is 15.5 Å². The van der Waals surface area contributed by atoms with Crippen molar-refractivity contribution in [2.75, 3.05) is 44.7 Å². The van der Waals surface area contributed by atoms with Crippen molar-refractivity contribution in [3.63, 3.8) is 0 Å². The Morgan fingerprint density at radius 2 is 1.66 bits per heavy atom. The van der Waals surface area contributed by atoms with Gasteiger partial charge in [0.05, 0.1) is 10.5 Å². The summed E-state index contributed by atoms with van der Waals surface area (Å²) >= 11 is 0. The molecule has 1 aliphatic heterocycles. The van der Waals surface area contributed by atoms with Crippen LogP contribution in [0.1, 0.15) is 10.4 Å². The molecule has 1 saturated heterocycles. The molecule has 32 heavy (non-hydrogen) atoms. The standard InChI is InChI=1S/C21H24N4O6S/c1-22-21(28)23-19(26)15-31-20(27)16-6-5-9-18(14-16)32(29,30)25-12-10-24(11-13-25)17-7-3-2-4-8-17/h2-9,14H,10-13,15H2,1H3,(H2,22,23,26,28). The number of anilines is 1. The number of benzene rings is 2. The zero-order valence-corrected chi connectivity index (χ0v) is 18.3. The van der Waals surface area contributed by atoms with Gasteiger partial charge >= 0.3 is 12.0 Å². The molecule has 0 spiro atoms. The molecule has 10 nitrogen and oxygen atoms in total. The van der Waals surface area contributed by atoms with Crippen LogP contribution in [-0.2, 0) is 19.6 Å². The maximum atomic E-state index is 13.1. The number of amides is 3. The van der Waals surface area contributed by atoms with E-state index in [1.807, 2.05) is 35.6 Å². The van der Waals surface area contributed by atoms with Crippen LogP contribution in [0.2, 0.25) is 0 Å². The van der Waals surface area contributed by atoms with E-state index in [4.69, 9.17) is 4.74 Å². The highest BCUT2D eigenvalue weighted by Gasteiger charge is 2.29. The number of para-hydroxylation sites is 1. The summed E-state index contributed by atoms with van der Waals surface area (Å²) in [6.07, 6.45) is 0. The largest absolute Gasteiger partial charge is 0.452 e. The zero-order chi connectivity index (χ0) is 23.1. The van der Waals surface area contributed by atoms with Crippen molar-refractivity contribution >= 4 is 33.6 Å². The monoisotopic (exact) mass is 460 g/mol. The van der Waals surface area contributed by atoms with Crippen LogP contribution in [0.4, 0.5) is 10.5 Å². The number of sulfonamides is 1. The number of nitrogens with one attached hydrogen (secondary N) is 2. The average molecular weight is 461 g/mol. The van der Waals surface area contributed by atoms with Crippen molar-refractivity contribution in [3.05, 3.63) is 60.2 Å². The molecule has 0 atom stereocenters. The van der Waals surface area contributed by atoms with Crippen LogP contribution in [0.5, 0.6) is 0 Å². The number of carbonyl (C=O) groups excluding carboxylic acids is 3. The summed E-state index contributed by atoms with van der Waals surface area (Å²) in [5.74, 6) is -1.68. The number of rotatable bonds is 6. The van der Waals surface area contributed by atoms with E-state index in [0.717, 1.165) is 5.69 Å². The zero-order valence-electron chi connectivity index (χ0n) is 17.5. The number of esters is 1. The number of ether oxygens (including phenoxy) is 1. The minimum absolute atomic E-state index is 0.0123. The summed E-state index contributed by atoms with van der Waals surface area (Å²) in [5.41, 5.74) is 1.02. The number of urea groups is 1. The van der Waals surface area contributed by atoms with E-state index in [-0.39, 0.29) is 10.5 Å². The first-order valence-electron chi connectivity index (χ1n) is 9.90. The Balaban J connectivity index is 1.63. The second kappa shape index (κ2) is 10.2. The fraction of sp³-hybridized carbons (Fsp3) is 0.286. The fourth-order valence-electron chi connectivity index (χ4n) is 3.20. The maximum Gasteiger partial charge on any atom is 0.338 e. The van der Waals surface area contributed by atoms with E-state index in [1.165, 1.54) is 35.6 Å². The second-order valence-corrected chi connectivity index (χ2v) is 8.90. The lowest BCUT2D eigenvalue weighted by atomic mass is 10.2. The Kier molecular flexibility index (Phi) is 7.44. The molecular weight excluding hydrogens is 436 g/mol. The third-order valence-electron chi connectivity index (χ3n) is 4.88. The van der Waals surface area contributed by atoms with Crippen LogP contribution in [0.3, 0.4) is 0 Å². The molecule has 3 rings (SSSR count). The quantitative estimate of drug-likeness (QED) is 0.611. The third kappa shape index (κ3) is 5.62. The molecule has 1 aliphatic rings. The Labute approximate surface area is 186 Å². The molecule has 0 aliphatic carbocycles. The molecule has 2 N–H and O–H groups in total. The summed E-state index contributed by atoms with van der Waals surface area (Å²) in [4.78, 5) is 37.0. The summed E-state index contributed by atoms with van der Waals surface area (Å²) in [6, 6.07) is 14.5. The van der Waals surface area contributed by atoms with Crippen LogP contribution in [0.25, 0.3) is 0 Å². The van der Waals surface area contributed by atoms with E-state index in [9.17, 15) is 22.8 Å². The van der Waals surface area contributed by atoms with Gasteiger partial charge in [-0.3, -0.25) is 10.1 Å². The smallest absolute Gasteiger partial charge is 0.338 e. The van der Waals surface area contributed by atoms with Crippen molar-refractivity contribution in [2.45, 2.75) is 4.90 Å². The first-order valence-corrected chi connectivity index (χ1v) is 11.3. The molecule has 3 amide bonds. The Hall–Kier alpha value is -3.44. The molecule has 0 aromatic heterocycles. The lowest BCUT2D eigenvalue weighted by Gasteiger charge is -2.35. The third-order valence-corrected chi connectivity index (χ3v) is 6.78. The SMILES string of the molecule is CNC(=O)NC(=O)COC(=O)c1cccc(S(=O)(=O)N2CCN(c3ccccc3)CC2)c1. The predicted molar refractivity (Wildman–Crippen MR) is 117 cm³/mol. The molecule has 170 valence electrons. The number of hydrogen-bond donors (Lipinski definition) is 2. The number of piperazine rings is 1. The lowest BCUT2D eigenvalue weighted by Crippen LogP contribution is -2.48. The molecule has 1 heterocycles. The van der Waals surface area contributed by atoms with Gasteiger partial charge in [-0.15, -0.1) is 0 Å². The van der Waals surface area contributed by atoms with Crippen molar-refractivity contribution in [1.29, 1.82) is 0 Å². The first kappa shape index (κ1) is 23.2. The summed E-state index contributed by atoms with van der Waals surface area (Å²) in [7, 11) is -2.47.